The number of carbonyl (C=O) groups excluding carboxylic acids is 1. The van der Waals surface area contributed by atoms with E-state index in [1.54, 1.807) is 11.0 Å². The molecule has 0 aliphatic rings. The summed E-state index contributed by atoms with van der Waals surface area (Å²) in [6, 6.07) is 1.71. The number of hydrogen-bond donors (Lipinski definition) is 2. The molecule has 6 heteroatoms. The van der Waals surface area contributed by atoms with Crippen LogP contribution in [0.1, 0.15) is 42.4 Å². The first-order valence-corrected chi connectivity index (χ1v) is 6.41. The van der Waals surface area contributed by atoms with E-state index in [0.717, 1.165) is 5.69 Å². The second-order valence-electron chi connectivity index (χ2n) is 4.86. The van der Waals surface area contributed by atoms with Gasteiger partial charge in [-0.05, 0) is 18.4 Å². The van der Waals surface area contributed by atoms with Gasteiger partial charge in [-0.2, -0.15) is 0 Å². The van der Waals surface area contributed by atoms with E-state index in [1.807, 2.05) is 27.9 Å². The number of rotatable bonds is 6. The van der Waals surface area contributed by atoms with Gasteiger partial charge in [-0.3, -0.25) is 4.79 Å². The van der Waals surface area contributed by atoms with E-state index in [0.29, 0.717) is 24.6 Å². The van der Waals surface area contributed by atoms with Gasteiger partial charge >= 0.3 is 0 Å². The van der Waals surface area contributed by atoms with Gasteiger partial charge in [0.15, 0.2) is 0 Å². The Labute approximate surface area is 113 Å². The lowest BCUT2D eigenvalue weighted by atomic mass is 10.1. The van der Waals surface area contributed by atoms with Gasteiger partial charge in [0.25, 0.3) is 5.91 Å². The summed E-state index contributed by atoms with van der Waals surface area (Å²) in [7, 11) is 3.68. The van der Waals surface area contributed by atoms with Crippen molar-refractivity contribution in [3.05, 3.63) is 17.5 Å². The van der Waals surface area contributed by atoms with Crippen LogP contribution in [0.4, 0.5) is 5.95 Å². The predicted octanol–water partition coefficient (Wildman–Crippen LogP) is 0.778. The Morgan fingerprint density at radius 2 is 2.11 bits per heavy atom. The van der Waals surface area contributed by atoms with Crippen LogP contribution in [0.5, 0.6) is 0 Å². The molecular formula is C13H22N4O2. The molecule has 1 aromatic heterocycles. The Bertz CT molecular complexity index is 406. The van der Waals surface area contributed by atoms with Crippen LogP contribution in [-0.2, 0) is 0 Å². The van der Waals surface area contributed by atoms with E-state index in [1.165, 1.54) is 0 Å². The summed E-state index contributed by atoms with van der Waals surface area (Å²) in [6.07, 6.45) is 0.536. The van der Waals surface area contributed by atoms with Crippen molar-refractivity contribution in [2.24, 2.45) is 0 Å². The molecule has 19 heavy (non-hydrogen) atoms. The van der Waals surface area contributed by atoms with Gasteiger partial charge < -0.3 is 15.3 Å². The van der Waals surface area contributed by atoms with E-state index in [-0.39, 0.29) is 18.4 Å². The highest BCUT2D eigenvalue weighted by Gasteiger charge is 2.14. The minimum Gasteiger partial charge on any atom is -0.396 e. The fourth-order valence-electron chi connectivity index (χ4n) is 1.44. The number of hydrogen-bond acceptors (Lipinski definition) is 5. The summed E-state index contributed by atoms with van der Waals surface area (Å²) >= 11 is 0. The number of carbonyl (C=O) groups is 1. The molecular weight excluding hydrogens is 244 g/mol. The number of aliphatic hydroxyl groups is 1. The Morgan fingerprint density at radius 1 is 1.42 bits per heavy atom. The molecule has 1 amide bonds. The van der Waals surface area contributed by atoms with Crippen molar-refractivity contribution >= 4 is 11.9 Å². The second kappa shape index (κ2) is 7.04. The van der Waals surface area contributed by atoms with Crippen molar-refractivity contribution in [1.29, 1.82) is 0 Å². The van der Waals surface area contributed by atoms with Gasteiger partial charge in [-0.15, -0.1) is 0 Å². The quantitative estimate of drug-likeness (QED) is 0.744. The number of nitrogens with zero attached hydrogens (tertiary/aromatic N) is 3. The summed E-state index contributed by atoms with van der Waals surface area (Å²) in [4.78, 5) is 22.4. The molecule has 0 fully saturated rings. The number of nitrogens with one attached hydrogen (secondary N) is 1. The molecule has 1 aromatic rings. The van der Waals surface area contributed by atoms with Crippen LogP contribution in [0.15, 0.2) is 6.07 Å². The first-order chi connectivity index (χ1) is 8.95. The van der Waals surface area contributed by atoms with E-state index >= 15 is 0 Å². The maximum absolute atomic E-state index is 12.0. The summed E-state index contributed by atoms with van der Waals surface area (Å²) in [5, 5.41) is 11.4. The molecule has 6 nitrogen and oxygen atoms in total. The lowest BCUT2D eigenvalue weighted by molar-refractivity contribution is 0.0946. The summed E-state index contributed by atoms with van der Waals surface area (Å²) in [5.74, 6) is 0.519. The third-order valence-electron chi connectivity index (χ3n) is 2.58. The Morgan fingerprint density at radius 3 is 2.63 bits per heavy atom. The van der Waals surface area contributed by atoms with Gasteiger partial charge in [0.2, 0.25) is 5.95 Å². The zero-order valence-electron chi connectivity index (χ0n) is 12.0. The molecule has 2 N–H and O–H groups in total. The molecule has 0 saturated carbocycles. The molecule has 0 aromatic carbocycles. The van der Waals surface area contributed by atoms with Crippen LogP contribution < -0.4 is 10.2 Å². The minimum absolute atomic E-state index is 0.0598. The standard InChI is InChI=1S/C13H22N4O2/c1-9(2)10-8-11(12(19)14-6-5-7-18)16-13(15-10)17(3)4/h8-9,18H,5-7H2,1-4H3,(H,14,19). The maximum atomic E-state index is 12.0. The van der Waals surface area contributed by atoms with Crippen molar-refractivity contribution < 1.29 is 9.90 Å². The Hall–Kier alpha value is -1.69. The molecule has 1 heterocycles. The fraction of sp³-hybridized carbons (Fsp3) is 0.615. The third-order valence-corrected chi connectivity index (χ3v) is 2.58. The minimum atomic E-state index is -0.235. The molecule has 0 bridgehead atoms. The van der Waals surface area contributed by atoms with Crippen LogP contribution in [0.2, 0.25) is 0 Å². The number of aromatic nitrogens is 2. The van der Waals surface area contributed by atoms with Crippen LogP contribution in [0.3, 0.4) is 0 Å². The topological polar surface area (TPSA) is 78.3 Å². The lowest BCUT2D eigenvalue weighted by Gasteiger charge is -2.14. The molecule has 1 rings (SSSR count). The maximum Gasteiger partial charge on any atom is 0.270 e. The molecule has 106 valence electrons. The number of aliphatic hydroxyl groups excluding tert-OH is 1. The Kier molecular flexibility index (Phi) is 5.69. The first-order valence-electron chi connectivity index (χ1n) is 6.41. The first kappa shape index (κ1) is 15.4. The van der Waals surface area contributed by atoms with E-state index in [9.17, 15) is 4.79 Å². The average Bonchev–Trinajstić information content (AvgIpc) is 2.38. The van der Waals surface area contributed by atoms with Gasteiger partial charge in [0.1, 0.15) is 5.69 Å². The molecule has 0 radical (unpaired) electrons. The zero-order chi connectivity index (χ0) is 14.4. The third kappa shape index (κ3) is 4.48. The second-order valence-corrected chi connectivity index (χ2v) is 4.86. The van der Waals surface area contributed by atoms with E-state index in [4.69, 9.17) is 5.11 Å². The summed E-state index contributed by atoms with van der Waals surface area (Å²) in [6.45, 7) is 4.54. The Balaban J connectivity index is 2.95. The van der Waals surface area contributed by atoms with Crippen LogP contribution in [0.25, 0.3) is 0 Å². The van der Waals surface area contributed by atoms with Gasteiger partial charge in [-0.1, -0.05) is 13.8 Å². The van der Waals surface area contributed by atoms with Crippen molar-refractivity contribution in [2.45, 2.75) is 26.2 Å². The molecule has 0 aliphatic carbocycles. The summed E-state index contributed by atoms with van der Waals surface area (Å²) < 4.78 is 0. The molecule has 0 atom stereocenters. The smallest absolute Gasteiger partial charge is 0.270 e. The average molecular weight is 266 g/mol. The largest absolute Gasteiger partial charge is 0.396 e. The highest BCUT2D eigenvalue weighted by atomic mass is 16.3. The molecule has 0 saturated heterocycles. The monoisotopic (exact) mass is 266 g/mol. The normalized spacial score (nSPS) is 10.6. The van der Waals surface area contributed by atoms with Crippen molar-refractivity contribution in [2.75, 3.05) is 32.1 Å². The molecule has 0 aliphatic heterocycles. The van der Waals surface area contributed by atoms with Crippen LogP contribution in [-0.4, -0.2) is 48.2 Å². The highest BCUT2D eigenvalue weighted by molar-refractivity contribution is 5.92. The zero-order valence-corrected chi connectivity index (χ0v) is 12.0. The summed E-state index contributed by atoms with van der Waals surface area (Å²) in [5.41, 5.74) is 1.20. The molecule has 0 unspecified atom stereocenters. The van der Waals surface area contributed by atoms with Crippen LogP contribution in [0, 0.1) is 0 Å². The van der Waals surface area contributed by atoms with Crippen LogP contribution >= 0.6 is 0 Å². The number of amides is 1. The fourth-order valence-corrected chi connectivity index (χ4v) is 1.44. The SMILES string of the molecule is CC(C)c1cc(C(=O)NCCCO)nc(N(C)C)n1. The van der Waals surface area contributed by atoms with Crippen molar-refractivity contribution in [3.8, 4) is 0 Å². The molecule has 0 spiro atoms. The van der Waals surface area contributed by atoms with Gasteiger partial charge in [0.05, 0.1) is 0 Å². The van der Waals surface area contributed by atoms with Crippen molar-refractivity contribution in [1.82, 2.24) is 15.3 Å². The highest BCUT2D eigenvalue weighted by Crippen LogP contribution is 2.16. The van der Waals surface area contributed by atoms with Gasteiger partial charge in [0, 0.05) is 32.9 Å². The van der Waals surface area contributed by atoms with Gasteiger partial charge in [-0.25, -0.2) is 9.97 Å². The van der Waals surface area contributed by atoms with E-state index < -0.39 is 0 Å². The number of anilines is 1. The van der Waals surface area contributed by atoms with E-state index in [2.05, 4.69) is 15.3 Å². The van der Waals surface area contributed by atoms with Crippen molar-refractivity contribution in [3.63, 3.8) is 0 Å². The predicted molar refractivity (Wildman–Crippen MR) is 74.5 cm³/mol. The lowest BCUT2D eigenvalue weighted by Crippen LogP contribution is -2.27.